The summed E-state index contributed by atoms with van der Waals surface area (Å²) in [6, 6.07) is 26.0. The molecule has 0 aliphatic rings. The summed E-state index contributed by atoms with van der Waals surface area (Å²) in [5.41, 5.74) is 7.19. The lowest BCUT2D eigenvalue weighted by Gasteiger charge is -2.26. The molecule has 0 spiro atoms. The predicted molar refractivity (Wildman–Crippen MR) is 124 cm³/mol. The second-order valence-electron chi connectivity index (χ2n) is 7.00. The molecule has 0 saturated carbocycles. The number of hydrogen-bond donors (Lipinski definition) is 0. The Bertz CT molecular complexity index is 825. The lowest BCUT2D eigenvalue weighted by molar-refractivity contribution is 0.268. The Balaban J connectivity index is 1.89. The largest absolute Gasteiger partial charge is 0.334 e. The van der Waals surface area contributed by atoms with Gasteiger partial charge in [0.05, 0.1) is 13.2 Å². The van der Waals surface area contributed by atoms with Crippen LogP contribution in [0.4, 0.5) is 17.1 Å². The zero-order valence-corrected chi connectivity index (χ0v) is 18.7. The molecule has 0 saturated heterocycles. The van der Waals surface area contributed by atoms with Gasteiger partial charge in [-0.15, -0.1) is 0 Å². The standard InChI is InChI=1S/C25H30NO2P/c1-5-27-29(28-6-2)19-22-11-17-25(18-12-22)26(23-13-7-20(3)8-14-23)24-15-9-21(4)10-16-24/h7-18H,5-6,19H2,1-4H3. The van der Waals surface area contributed by atoms with E-state index in [1.165, 1.54) is 16.7 Å². The predicted octanol–water partition coefficient (Wildman–Crippen LogP) is 7.66. The summed E-state index contributed by atoms with van der Waals surface area (Å²) < 4.78 is 11.5. The van der Waals surface area contributed by atoms with E-state index in [-0.39, 0.29) is 0 Å². The van der Waals surface area contributed by atoms with Crippen LogP contribution in [-0.4, -0.2) is 13.2 Å². The minimum absolute atomic E-state index is 0.679. The van der Waals surface area contributed by atoms with Gasteiger partial charge in [0.25, 0.3) is 0 Å². The van der Waals surface area contributed by atoms with Gasteiger partial charge >= 0.3 is 0 Å². The van der Waals surface area contributed by atoms with Gasteiger partial charge in [0, 0.05) is 23.2 Å². The fourth-order valence-corrected chi connectivity index (χ4v) is 4.49. The molecule has 0 aliphatic carbocycles. The molecule has 0 bridgehead atoms. The molecule has 0 N–H and O–H groups in total. The van der Waals surface area contributed by atoms with Crippen molar-refractivity contribution in [2.75, 3.05) is 18.1 Å². The number of anilines is 3. The number of aryl methyl sites for hydroxylation is 2. The van der Waals surface area contributed by atoms with Gasteiger partial charge in [-0.05, 0) is 69.7 Å². The van der Waals surface area contributed by atoms with Crippen molar-refractivity contribution in [1.82, 2.24) is 0 Å². The average molecular weight is 407 g/mol. The summed E-state index contributed by atoms with van der Waals surface area (Å²) in [5.74, 6) is 0. The molecule has 0 aromatic heterocycles. The molecule has 29 heavy (non-hydrogen) atoms. The van der Waals surface area contributed by atoms with E-state index < -0.39 is 8.38 Å². The Morgan fingerprint density at radius 1 is 0.621 bits per heavy atom. The van der Waals surface area contributed by atoms with Crippen molar-refractivity contribution in [3.8, 4) is 0 Å². The van der Waals surface area contributed by atoms with Crippen LogP contribution in [0.1, 0.15) is 30.5 Å². The average Bonchev–Trinajstić information content (AvgIpc) is 2.73. The maximum absolute atomic E-state index is 5.76. The van der Waals surface area contributed by atoms with Gasteiger partial charge in [0.1, 0.15) is 0 Å². The molecule has 3 aromatic rings. The van der Waals surface area contributed by atoms with Crippen LogP contribution in [0, 0.1) is 13.8 Å². The molecule has 3 nitrogen and oxygen atoms in total. The van der Waals surface area contributed by atoms with Crippen LogP contribution in [0.2, 0.25) is 0 Å². The highest BCUT2D eigenvalue weighted by atomic mass is 31.2. The highest BCUT2D eigenvalue weighted by Gasteiger charge is 2.14. The van der Waals surface area contributed by atoms with Gasteiger partial charge in [-0.1, -0.05) is 47.5 Å². The topological polar surface area (TPSA) is 21.7 Å². The zero-order chi connectivity index (χ0) is 20.6. The first-order valence-electron chi connectivity index (χ1n) is 10.2. The highest BCUT2D eigenvalue weighted by molar-refractivity contribution is 7.46. The first-order chi connectivity index (χ1) is 14.1. The van der Waals surface area contributed by atoms with Gasteiger partial charge in [-0.3, -0.25) is 0 Å². The molecule has 3 aromatic carbocycles. The Labute approximate surface area is 176 Å². The van der Waals surface area contributed by atoms with Gasteiger partial charge < -0.3 is 13.9 Å². The third kappa shape index (κ3) is 5.90. The minimum Gasteiger partial charge on any atom is -0.334 e. The second kappa shape index (κ2) is 10.5. The summed E-state index contributed by atoms with van der Waals surface area (Å²) in [6.45, 7) is 9.61. The lowest BCUT2D eigenvalue weighted by atomic mass is 10.1. The monoisotopic (exact) mass is 407 g/mol. The van der Waals surface area contributed by atoms with Gasteiger partial charge in [0.15, 0.2) is 8.38 Å². The van der Waals surface area contributed by atoms with Crippen molar-refractivity contribution >= 4 is 25.4 Å². The summed E-state index contributed by atoms with van der Waals surface area (Å²) in [5, 5.41) is 0. The normalized spacial score (nSPS) is 11.1. The summed E-state index contributed by atoms with van der Waals surface area (Å²) in [4.78, 5) is 2.29. The maximum atomic E-state index is 5.76. The second-order valence-corrected chi connectivity index (χ2v) is 8.50. The molecule has 0 aliphatic heterocycles. The van der Waals surface area contributed by atoms with Crippen LogP contribution >= 0.6 is 8.38 Å². The summed E-state index contributed by atoms with van der Waals surface area (Å²) in [6.07, 6.45) is 0.812. The molecular weight excluding hydrogens is 377 g/mol. The fourth-order valence-electron chi connectivity index (χ4n) is 3.15. The first-order valence-corrected chi connectivity index (χ1v) is 11.5. The van der Waals surface area contributed by atoms with Crippen LogP contribution in [0.25, 0.3) is 0 Å². The highest BCUT2D eigenvalue weighted by Crippen LogP contribution is 2.42. The van der Waals surface area contributed by atoms with Crippen molar-refractivity contribution < 1.29 is 9.05 Å². The van der Waals surface area contributed by atoms with Crippen molar-refractivity contribution in [2.45, 2.75) is 33.9 Å². The van der Waals surface area contributed by atoms with E-state index in [2.05, 4.69) is 91.5 Å². The molecule has 3 rings (SSSR count). The number of rotatable bonds is 9. The van der Waals surface area contributed by atoms with Crippen molar-refractivity contribution in [3.05, 3.63) is 89.5 Å². The van der Waals surface area contributed by atoms with E-state index in [1.54, 1.807) is 0 Å². The van der Waals surface area contributed by atoms with Crippen LogP contribution in [0.3, 0.4) is 0 Å². The maximum Gasteiger partial charge on any atom is 0.175 e. The molecular formula is C25H30NO2P. The smallest absolute Gasteiger partial charge is 0.175 e. The SMILES string of the molecule is CCOP(Cc1ccc(N(c2ccc(C)cc2)c2ccc(C)cc2)cc1)OCC. The molecule has 0 atom stereocenters. The van der Waals surface area contributed by atoms with E-state index in [0.717, 1.165) is 23.2 Å². The van der Waals surface area contributed by atoms with Crippen molar-refractivity contribution in [1.29, 1.82) is 0 Å². The molecule has 0 unspecified atom stereocenters. The number of benzene rings is 3. The third-order valence-corrected chi connectivity index (χ3v) is 6.35. The Morgan fingerprint density at radius 2 is 1.00 bits per heavy atom. The minimum atomic E-state index is -0.871. The Morgan fingerprint density at radius 3 is 1.38 bits per heavy atom. The quantitative estimate of drug-likeness (QED) is 0.340. The first kappa shape index (κ1) is 21.5. The van der Waals surface area contributed by atoms with Crippen LogP contribution in [0.15, 0.2) is 72.8 Å². The van der Waals surface area contributed by atoms with Crippen LogP contribution in [-0.2, 0) is 15.2 Å². The van der Waals surface area contributed by atoms with E-state index >= 15 is 0 Å². The van der Waals surface area contributed by atoms with E-state index in [0.29, 0.717) is 13.2 Å². The van der Waals surface area contributed by atoms with E-state index in [9.17, 15) is 0 Å². The molecule has 0 fully saturated rings. The molecule has 0 radical (unpaired) electrons. The fraction of sp³-hybridized carbons (Fsp3) is 0.280. The van der Waals surface area contributed by atoms with Crippen molar-refractivity contribution in [3.63, 3.8) is 0 Å². The van der Waals surface area contributed by atoms with Gasteiger partial charge in [-0.2, -0.15) is 0 Å². The van der Waals surface area contributed by atoms with Gasteiger partial charge in [0.2, 0.25) is 0 Å². The molecule has 0 heterocycles. The van der Waals surface area contributed by atoms with Gasteiger partial charge in [-0.25, -0.2) is 0 Å². The number of nitrogens with zero attached hydrogens (tertiary/aromatic N) is 1. The summed E-state index contributed by atoms with van der Waals surface area (Å²) in [7, 11) is -0.871. The summed E-state index contributed by atoms with van der Waals surface area (Å²) >= 11 is 0. The van der Waals surface area contributed by atoms with E-state index in [1.807, 2.05) is 13.8 Å². The molecule has 0 amide bonds. The van der Waals surface area contributed by atoms with Crippen molar-refractivity contribution in [2.24, 2.45) is 0 Å². The molecule has 152 valence electrons. The third-order valence-electron chi connectivity index (χ3n) is 4.64. The molecule has 4 heteroatoms. The Kier molecular flexibility index (Phi) is 7.83. The van der Waals surface area contributed by atoms with Crippen LogP contribution in [0.5, 0.6) is 0 Å². The Hall–Kier alpha value is -2.19. The lowest BCUT2D eigenvalue weighted by Crippen LogP contribution is -2.10. The van der Waals surface area contributed by atoms with Crippen LogP contribution < -0.4 is 4.90 Å². The number of hydrogen-bond acceptors (Lipinski definition) is 3. The van der Waals surface area contributed by atoms with E-state index in [4.69, 9.17) is 9.05 Å². The zero-order valence-electron chi connectivity index (χ0n) is 17.8.